The van der Waals surface area contributed by atoms with Gasteiger partial charge in [0.1, 0.15) is 24.7 Å². The Kier molecular flexibility index (Phi) is 20.7. The van der Waals surface area contributed by atoms with Crippen LogP contribution in [0.15, 0.2) is 24.3 Å². The van der Waals surface area contributed by atoms with Crippen LogP contribution < -0.4 is 38.5 Å². The Labute approximate surface area is 323 Å². The fourth-order valence-electron chi connectivity index (χ4n) is 6.01. The van der Waals surface area contributed by atoms with Crippen LogP contribution in [0.25, 0.3) is 0 Å². The van der Waals surface area contributed by atoms with E-state index in [1.165, 1.54) is 24.1 Å². The number of ether oxygens (including phenoxy) is 2. The Bertz CT molecular complexity index is 1450. The number of rotatable bonds is 23. The lowest BCUT2D eigenvalue weighted by molar-refractivity contribution is -0.144. The van der Waals surface area contributed by atoms with Crippen LogP contribution >= 0.6 is 0 Å². The van der Waals surface area contributed by atoms with E-state index in [0.29, 0.717) is 24.1 Å². The summed E-state index contributed by atoms with van der Waals surface area (Å²) in [6.07, 6.45) is -0.169. The molecule has 19 nitrogen and oxygen atoms in total. The van der Waals surface area contributed by atoms with Crippen molar-refractivity contribution in [3.8, 4) is 0 Å². The number of likely N-dealkylation sites (N-methyl/N-ethyl adjacent to an activating group) is 2. The number of methoxy groups -OCH3 is 1. The number of benzene rings is 1. The second-order valence-corrected chi connectivity index (χ2v) is 13.8. The lowest BCUT2D eigenvalue weighted by atomic mass is 9.90. The molecule has 0 spiro atoms. The molecule has 0 fully saturated rings. The van der Waals surface area contributed by atoms with Gasteiger partial charge in [0, 0.05) is 40.5 Å². The summed E-state index contributed by atoms with van der Waals surface area (Å²) in [6, 6.07) is 2.58. The molecule has 1 aromatic rings. The second kappa shape index (κ2) is 23.7. The van der Waals surface area contributed by atoms with Gasteiger partial charge in [-0.25, -0.2) is 19.6 Å². The smallest absolute Gasteiger partial charge is 0.424 e. The van der Waals surface area contributed by atoms with Crippen LogP contribution in [0, 0.1) is 11.8 Å². The van der Waals surface area contributed by atoms with Gasteiger partial charge in [-0.3, -0.25) is 24.0 Å². The highest BCUT2D eigenvalue weighted by Crippen LogP contribution is 2.22. The van der Waals surface area contributed by atoms with Crippen LogP contribution in [0.5, 0.6) is 0 Å². The molecule has 10 N–H and O–H groups in total. The minimum absolute atomic E-state index is 0.0420. The Balaban J connectivity index is 2.91. The molecule has 8 amide bonds. The first-order chi connectivity index (χ1) is 25.8. The Morgan fingerprint density at radius 2 is 1.51 bits per heavy atom. The van der Waals surface area contributed by atoms with Crippen molar-refractivity contribution in [2.24, 2.45) is 29.0 Å². The first-order valence-corrected chi connectivity index (χ1v) is 18.2. The maximum absolute atomic E-state index is 13.6. The van der Waals surface area contributed by atoms with Crippen molar-refractivity contribution < 1.29 is 43.0 Å². The lowest BCUT2D eigenvalue weighted by Gasteiger charge is -2.39. The van der Waals surface area contributed by atoms with Gasteiger partial charge in [0.25, 0.3) is 0 Å². The number of anilines is 1. The average molecular weight is 779 g/mol. The molecule has 0 aliphatic rings. The van der Waals surface area contributed by atoms with E-state index in [2.05, 4.69) is 21.3 Å². The van der Waals surface area contributed by atoms with Crippen LogP contribution in [-0.2, 0) is 40.1 Å². The minimum Gasteiger partial charge on any atom is -0.444 e. The third kappa shape index (κ3) is 15.7. The monoisotopic (exact) mass is 778 g/mol. The third-order valence-corrected chi connectivity index (χ3v) is 9.27. The molecule has 1 aromatic carbocycles. The molecule has 1 rings (SSSR count). The molecule has 0 radical (unpaired) electrons. The number of urea groups is 1. The molecule has 0 heterocycles. The first-order valence-electron chi connectivity index (χ1n) is 18.2. The van der Waals surface area contributed by atoms with E-state index in [4.69, 9.17) is 26.7 Å². The SMILES string of the molecule is CC[C@H](C)[C@@H]([C@@H](CC(N)=O)OC)N(C)C(=O)[C@H](C)NC(=O)[C@H](C(C)C)N(C)N(C)C(=O)OCc1ccc(NC(=O)[C@H](CCCNC(N)=O)NC(=O)CN)cc1. The Hall–Kier alpha value is -5.01. The molecular formula is C36H62N10O9. The summed E-state index contributed by atoms with van der Waals surface area (Å²) in [5.74, 6) is -2.78. The average Bonchev–Trinajstić information content (AvgIpc) is 3.13. The standard InChI is InChI=1S/C36H62N10O9/c1-10-22(4)31(27(54-9)18-28(38)47)44(6)34(51)23(5)41-33(50)30(21(2)3)45(7)46(8)36(53)55-20-24-13-15-25(16-14-24)42-32(49)26(43-29(48)19-37)12-11-17-40-35(39)52/h13-16,21-23,26-27,30-31H,10-12,17-20,37H2,1-9H3,(H2,38,47)(H,41,50)(H,42,49)(H,43,48)(H3,39,40,52)/t22-,23-,26-,27+,30-,31-/m0/s1. The van der Waals surface area contributed by atoms with Gasteiger partial charge in [-0.1, -0.05) is 46.2 Å². The normalized spacial score (nSPS) is 14.4. The molecule has 0 bridgehead atoms. The van der Waals surface area contributed by atoms with Crippen molar-refractivity contribution in [2.75, 3.05) is 46.7 Å². The molecule has 310 valence electrons. The second-order valence-electron chi connectivity index (χ2n) is 13.8. The van der Waals surface area contributed by atoms with Gasteiger partial charge < -0.3 is 52.8 Å². The highest BCUT2D eigenvalue weighted by molar-refractivity contribution is 5.97. The van der Waals surface area contributed by atoms with Gasteiger partial charge in [-0.2, -0.15) is 0 Å². The van der Waals surface area contributed by atoms with Crippen molar-refractivity contribution in [3.63, 3.8) is 0 Å². The van der Waals surface area contributed by atoms with E-state index in [-0.39, 0.29) is 50.3 Å². The fraction of sp³-hybridized carbons (Fsp3) is 0.639. The van der Waals surface area contributed by atoms with Crippen LogP contribution in [-0.4, -0.2) is 128 Å². The van der Waals surface area contributed by atoms with Gasteiger partial charge in [-0.15, -0.1) is 0 Å². The third-order valence-electron chi connectivity index (χ3n) is 9.27. The summed E-state index contributed by atoms with van der Waals surface area (Å²) in [5, 5.41) is 13.1. The van der Waals surface area contributed by atoms with Gasteiger partial charge in [-0.05, 0) is 49.3 Å². The number of hydrogen-bond acceptors (Lipinski definition) is 11. The number of primary amides is 2. The summed E-state index contributed by atoms with van der Waals surface area (Å²) < 4.78 is 11.1. The summed E-state index contributed by atoms with van der Waals surface area (Å²) >= 11 is 0. The predicted octanol–water partition coefficient (Wildman–Crippen LogP) is 0.225. The first kappa shape index (κ1) is 48.0. The van der Waals surface area contributed by atoms with Crippen LogP contribution in [0.2, 0.25) is 0 Å². The van der Waals surface area contributed by atoms with Crippen molar-refractivity contribution in [1.29, 1.82) is 0 Å². The topological polar surface area (TPSA) is 274 Å². The van der Waals surface area contributed by atoms with E-state index in [1.54, 1.807) is 59.1 Å². The van der Waals surface area contributed by atoms with Crippen LogP contribution in [0.1, 0.15) is 65.9 Å². The molecule has 0 unspecified atom stereocenters. The summed E-state index contributed by atoms with van der Waals surface area (Å²) in [4.78, 5) is 89.2. The Morgan fingerprint density at radius 1 is 0.891 bits per heavy atom. The lowest BCUT2D eigenvalue weighted by Crippen LogP contribution is -2.59. The number of hydrazine groups is 1. The van der Waals surface area contributed by atoms with E-state index >= 15 is 0 Å². The number of carbonyl (C=O) groups excluding carboxylic acids is 7. The van der Waals surface area contributed by atoms with Crippen LogP contribution in [0.4, 0.5) is 15.3 Å². The number of nitrogens with one attached hydrogen (secondary N) is 4. The summed E-state index contributed by atoms with van der Waals surface area (Å²) in [5.41, 5.74) is 16.9. The molecule has 0 saturated heterocycles. The molecule has 19 heteroatoms. The number of carbonyl (C=O) groups is 7. The molecule has 6 atom stereocenters. The highest BCUT2D eigenvalue weighted by Gasteiger charge is 2.37. The van der Waals surface area contributed by atoms with Crippen LogP contribution in [0.3, 0.4) is 0 Å². The van der Waals surface area contributed by atoms with Crippen molar-refractivity contribution in [2.45, 2.75) is 97.2 Å². The van der Waals surface area contributed by atoms with E-state index in [1.807, 2.05) is 13.8 Å². The molecule has 0 saturated carbocycles. The largest absolute Gasteiger partial charge is 0.444 e. The molecule has 0 aromatic heterocycles. The van der Waals surface area contributed by atoms with Crippen molar-refractivity contribution in [3.05, 3.63) is 29.8 Å². The van der Waals surface area contributed by atoms with Gasteiger partial charge >= 0.3 is 12.1 Å². The number of nitrogens with two attached hydrogens (primary N) is 3. The molecule has 0 aliphatic carbocycles. The molecule has 0 aliphatic heterocycles. The molecular weight excluding hydrogens is 716 g/mol. The minimum atomic E-state index is -0.948. The summed E-state index contributed by atoms with van der Waals surface area (Å²) in [6.45, 7) is 8.88. The van der Waals surface area contributed by atoms with E-state index in [0.717, 1.165) is 5.01 Å². The van der Waals surface area contributed by atoms with Gasteiger partial charge in [0.05, 0.1) is 25.1 Å². The maximum atomic E-state index is 13.6. The number of hydrogen-bond donors (Lipinski definition) is 7. The van der Waals surface area contributed by atoms with Crippen molar-refractivity contribution in [1.82, 2.24) is 30.9 Å². The van der Waals surface area contributed by atoms with Crippen molar-refractivity contribution >= 4 is 47.3 Å². The van der Waals surface area contributed by atoms with Gasteiger partial charge in [0.2, 0.25) is 29.5 Å². The predicted molar refractivity (Wildman–Crippen MR) is 205 cm³/mol. The Morgan fingerprint density at radius 3 is 2.02 bits per heavy atom. The zero-order valence-corrected chi connectivity index (χ0v) is 33.5. The van der Waals surface area contributed by atoms with E-state index < -0.39 is 66.0 Å². The quantitative estimate of drug-likeness (QED) is 0.0583. The fourth-order valence-corrected chi connectivity index (χ4v) is 6.01. The zero-order chi connectivity index (χ0) is 42.0. The van der Waals surface area contributed by atoms with Gasteiger partial charge in [0.15, 0.2) is 0 Å². The molecule has 55 heavy (non-hydrogen) atoms. The highest BCUT2D eigenvalue weighted by atomic mass is 16.6. The number of nitrogens with zero attached hydrogens (tertiary/aromatic N) is 3. The maximum Gasteiger partial charge on any atom is 0.424 e. The zero-order valence-electron chi connectivity index (χ0n) is 33.5. The number of amides is 8. The summed E-state index contributed by atoms with van der Waals surface area (Å²) in [7, 11) is 6.08. The van der Waals surface area contributed by atoms with E-state index in [9.17, 15) is 33.6 Å².